The molecule has 0 radical (unpaired) electrons. The van der Waals surface area contributed by atoms with Gasteiger partial charge in [0.2, 0.25) is 0 Å². The maximum Gasteiger partial charge on any atom is 0.0798 e. The van der Waals surface area contributed by atoms with E-state index < -0.39 is 5.60 Å². The Balaban J connectivity index is 2.13. The van der Waals surface area contributed by atoms with Gasteiger partial charge in [0, 0.05) is 19.1 Å². The van der Waals surface area contributed by atoms with Gasteiger partial charge in [-0.15, -0.1) is 0 Å². The number of nitrogens with one attached hydrogen (secondary N) is 1. The lowest BCUT2D eigenvalue weighted by Gasteiger charge is -2.51. The highest BCUT2D eigenvalue weighted by Crippen LogP contribution is 2.33. The molecule has 17 heavy (non-hydrogen) atoms. The van der Waals surface area contributed by atoms with E-state index >= 15 is 0 Å². The molecule has 0 bridgehead atoms. The van der Waals surface area contributed by atoms with Crippen molar-refractivity contribution in [1.82, 2.24) is 10.2 Å². The molecule has 0 saturated carbocycles. The molecule has 3 heteroatoms. The molecule has 100 valence electrons. The Hall–Kier alpha value is -0.120. The van der Waals surface area contributed by atoms with Crippen LogP contribution in [0.5, 0.6) is 0 Å². The number of nitrogens with zero attached hydrogens (tertiary/aromatic N) is 1. The summed E-state index contributed by atoms with van der Waals surface area (Å²) in [5.74, 6) is 1.48. The van der Waals surface area contributed by atoms with Crippen molar-refractivity contribution < 1.29 is 5.11 Å². The Kier molecular flexibility index (Phi) is 3.81. The molecule has 5 atom stereocenters. The second-order valence-corrected chi connectivity index (χ2v) is 6.58. The summed E-state index contributed by atoms with van der Waals surface area (Å²) in [6.45, 7) is 12.0. The number of piperidine rings is 2. The van der Waals surface area contributed by atoms with Gasteiger partial charge < -0.3 is 10.4 Å². The summed E-state index contributed by atoms with van der Waals surface area (Å²) in [7, 11) is 0. The first-order valence-electron chi connectivity index (χ1n) is 7.10. The van der Waals surface area contributed by atoms with Crippen molar-refractivity contribution >= 4 is 0 Å². The topological polar surface area (TPSA) is 35.5 Å². The fourth-order valence-corrected chi connectivity index (χ4v) is 3.61. The van der Waals surface area contributed by atoms with Crippen LogP contribution >= 0.6 is 0 Å². The van der Waals surface area contributed by atoms with E-state index in [9.17, 15) is 5.11 Å². The van der Waals surface area contributed by atoms with E-state index in [2.05, 4.69) is 31.0 Å². The van der Waals surface area contributed by atoms with E-state index in [0.717, 1.165) is 37.9 Å². The number of hydrogen-bond acceptors (Lipinski definition) is 3. The van der Waals surface area contributed by atoms with Crippen LogP contribution in [0.3, 0.4) is 0 Å². The predicted octanol–water partition coefficient (Wildman–Crippen LogP) is 1.47. The van der Waals surface area contributed by atoms with Crippen LogP contribution in [0, 0.1) is 11.8 Å². The number of rotatable bonds is 1. The summed E-state index contributed by atoms with van der Waals surface area (Å²) in [6, 6.07) is 0.860. The lowest BCUT2D eigenvalue weighted by molar-refractivity contribution is -0.0868. The van der Waals surface area contributed by atoms with Crippen LogP contribution in [0.1, 0.15) is 40.5 Å². The van der Waals surface area contributed by atoms with Crippen molar-refractivity contribution in [1.29, 1.82) is 0 Å². The smallest absolute Gasteiger partial charge is 0.0798 e. The highest BCUT2D eigenvalue weighted by Gasteiger charge is 2.42. The van der Waals surface area contributed by atoms with Crippen LogP contribution in [-0.2, 0) is 0 Å². The third-order valence-electron chi connectivity index (χ3n) is 4.91. The molecule has 0 spiro atoms. The largest absolute Gasteiger partial charge is 0.388 e. The first-order valence-corrected chi connectivity index (χ1v) is 7.10. The molecule has 0 aliphatic carbocycles. The monoisotopic (exact) mass is 240 g/mol. The molecule has 2 aliphatic rings. The molecular formula is C14H28N2O. The molecule has 2 saturated heterocycles. The van der Waals surface area contributed by atoms with Crippen LogP contribution in [-0.4, -0.2) is 47.3 Å². The molecule has 2 aliphatic heterocycles. The van der Waals surface area contributed by atoms with E-state index in [1.54, 1.807) is 0 Å². The molecule has 2 heterocycles. The summed E-state index contributed by atoms with van der Waals surface area (Å²) in [4.78, 5) is 2.55. The minimum atomic E-state index is -0.531. The number of likely N-dealkylation sites (tertiary alicyclic amines) is 1. The molecule has 0 aromatic heterocycles. The van der Waals surface area contributed by atoms with Crippen molar-refractivity contribution in [2.45, 2.75) is 58.2 Å². The van der Waals surface area contributed by atoms with E-state index in [4.69, 9.17) is 0 Å². The summed E-state index contributed by atoms with van der Waals surface area (Å²) in [6.07, 6.45) is 2.18. The Labute approximate surface area is 106 Å². The second-order valence-electron chi connectivity index (χ2n) is 6.58. The Bertz CT molecular complexity index is 267. The second kappa shape index (κ2) is 4.87. The van der Waals surface area contributed by atoms with Gasteiger partial charge in [-0.1, -0.05) is 13.8 Å². The molecule has 2 fully saturated rings. The van der Waals surface area contributed by atoms with Gasteiger partial charge in [-0.2, -0.15) is 0 Å². The Morgan fingerprint density at radius 1 is 1.29 bits per heavy atom. The van der Waals surface area contributed by atoms with Gasteiger partial charge in [-0.3, -0.25) is 4.90 Å². The van der Waals surface area contributed by atoms with Crippen LogP contribution < -0.4 is 5.32 Å². The summed E-state index contributed by atoms with van der Waals surface area (Å²) in [5.41, 5.74) is -0.531. The first-order chi connectivity index (χ1) is 7.92. The first kappa shape index (κ1) is 13.3. The quantitative estimate of drug-likeness (QED) is 0.728. The highest BCUT2D eigenvalue weighted by molar-refractivity contribution is 4.99. The van der Waals surface area contributed by atoms with Gasteiger partial charge in [0.05, 0.1) is 11.6 Å². The van der Waals surface area contributed by atoms with Crippen LogP contribution in [0.25, 0.3) is 0 Å². The van der Waals surface area contributed by atoms with Crippen molar-refractivity contribution in [3.8, 4) is 0 Å². The highest BCUT2D eigenvalue weighted by atomic mass is 16.3. The fraction of sp³-hybridized carbons (Fsp3) is 1.00. The van der Waals surface area contributed by atoms with Gasteiger partial charge in [0.25, 0.3) is 0 Å². The molecule has 2 rings (SSSR count). The maximum atomic E-state index is 10.6. The standard InChI is InChI=1S/C14H28N2O/c1-10-7-11(2)12(3)16(9-10)13-8-15-6-5-14(13,4)17/h10-13,15,17H,5-9H2,1-4H3. The van der Waals surface area contributed by atoms with Crippen LogP contribution in [0.4, 0.5) is 0 Å². The molecule has 0 aromatic rings. The van der Waals surface area contributed by atoms with E-state index in [1.807, 2.05) is 6.92 Å². The van der Waals surface area contributed by atoms with Crippen molar-refractivity contribution in [2.24, 2.45) is 11.8 Å². The van der Waals surface area contributed by atoms with E-state index in [1.165, 1.54) is 6.42 Å². The average molecular weight is 240 g/mol. The molecular weight excluding hydrogens is 212 g/mol. The average Bonchev–Trinajstić information content (AvgIpc) is 2.23. The fourth-order valence-electron chi connectivity index (χ4n) is 3.61. The van der Waals surface area contributed by atoms with Crippen molar-refractivity contribution in [2.75, 3.05) is 19.6 Å². The zero-order valence-corrected chi connectivity index (χ0v) is 11.7. The van der Waals surface area contributed by atoms with Gasteiger partial charge in [0.15, 0.2) is 0 Å². The zero-order valence-electron chi connectivity index (χ0n) is 11.7. The summed E-state index contributed by atoms with van der Waals surface area (Å²) < 4.78 is 0. The number of hydrogen-bond donors (Lipinski definition) is 2. The SMILES string of the molecule is CC1CC(C)C(C)N(C2CNCCC2(C)O)C1. The van der Waals surface area contributed by atoms with E-state index in [-0.39, 0.29) is 6.04 Å². The number of aliphatic hydroxyl groups is 1. The molecule has 0 aromatic carbocycles. The molecule has 5 unspecified atom stereocenters. The van der Waals surface area contributed by atoms with Gasteiger partial charge >= 0.3 is 0 Å². The summed E-state index contributed by atoms with van der Waals surface area (Å²) >= 11 is 0. The van der Waals surface area contributed by atoms with Gasteiger partial charge in [-0.05, 0) is 45.1 Å². The normalized spacial score (nSPS) is 49.2. The Morgan fingerprint density at radius 2 is 2.00 bits per heavy atom. The molecule has 0 amide bonds. The van der Waals surface area contributed by atoms with E-state index in [0.29, 0.717) is 6.04 Å². The Morgan fingerprint density at radius 3 is 2.65 bits per heavy atom. The molecule has 3 nitrogen and oxygen atoms in total. The minimum Gasteiger partial charge on any atom is -0.388 e. The van der Waals surface area contributed by atoms with Gasteiger partial charge in [-0.25, -0.2) is 0 Å². The predicted molar refractivity (Wildman–Crippen MR) is 71.0 cm³/mol. The maximum absolute atomic E-state index is 10.6. The van der Waals surface area contributed by atoms with Crippen LogP contribution in [0.2, 0.25) is 0 Å². The zero-order chi connectivity index (χ0) is 12.6. The minimum absolute atomic E-state index is 0.274. The third kappa shape index (κ3) is 2.67. The van der Waals surface area contributed by atoms with Crippen LogP contribution in [0.15, 0.2) is 0 Å². The van der Waals surface area contributed by atoms with Gasteiger partial charge in [0.1, 0.15) is 0 Å². The molecule has 2 N–H and O–H groups in total. The van der Waals surface area contributed by atoms with Crippen molar-refractivity contribution in [3.05, 3.63) is 0 Å². The lowest BCUT2D eigenvalue weighted by Crippen LogP contribution is -2.64. The third-order valence-corrected chi connectivity index (χ3v) is 4.91. The summed E-state index contributed by atoms with van der Waals surface area (Å²) in [5, 5.41) is 14.0. The van der Waals surface area contributed by atoms with Crippen molar-refractivity contribution in [3.63, 3.8) is 0 Å². The lowest BCUT2D eigenvalue weighted by atomic mass is 9.80.